The van der Waals surface area contributed by atoms with E-state index in [-0.39, 0.29) is 6.61 Å². The number of nitrogens with zero attached hydrogens (tertiary/aromatic N) is 1. The topological polar surface area (TPSA) is 32.7 Å². The maximum atomic E-state index is 8.47. The maximum Gasteiger partial charge on any atom is 0.0830 e. The van der Waals surface area contributed by atoms with E-state index in [9.17, 15) is 0 Å². The predicted octanol–water partition coefficient (Wildman–Crippen LogP) is 0.0879. The van der Waals surface area contributed by atoms with Gasteiger partial charge in [0.2, 0.25) is 0 Å². The van der Waals surface area contributed by atoms with Gasteiger partial charge < -0.3 is 9.84 Å². The van der Waals surface area contributed by atoms with Crippen molar-refractivity contribution in [3.63, 3.8) is 0 Å². The fourth-order valence-electron chi connectivity index (χ4n) is 1.22. The minimum Gasteiger partial charge on any atom is -0.394 e. The Bertz CT molecular complexity index is 111. The van der Waals surface area contributed by atoms with Crippen molar-refractivity contribution in [3.05, 3.63) is 0 Å². The molecule has 1 fully saturated rings. The number of hydrogen-bond acceptors (Lipinski definition) is 3. The Hall–Kier alpha value is -0.120. The predicted molar refractivity (Wildman–Crippen MR) is 43.5 cm³/mol. The normalized spacial score (nSPS) is 20.7. The first kappa shape index (κ1) is 8.97. The molecule has 0 saturated carbocycles. The van der Waals surface area contributed by atoms with E-state index in [0.29, 0.717) is 18.8 Å². The van der Waals surface area contributed by atoms with Crippen LogP contribution >= 0.6 is 0 Å². The molecule has 3 nitrogen and oxygen atoms in total. The fraction of sp³-hybridized carbons (Fsp3) is 1.00. The third-order valence-corrected chi connectivity index (χ3v) is 2.05. The molecule has 0 atom stereocenters. The second-order valence-electron chi connectivity index (χ2n) is 3.26. The first-order chi connectivity index (χ1) is 5.24. The van der Waals surface area contributed by atoms with Crippen molar-refractivity contribution in [2.75, 3.05) is 26.3 Å². The van der Waals surface area contributed by atoms with Crippen molar-refractivity contribution >= 4 is 0 Å². The quantitative estimate of drug-likeness (QED) is 0.631. The van der Waals surface area contributed by atoms with E-state index in [0.717, 1.165) is 13.1 Å². The number of likely N-dealkylation sites (tertiary alicyclic amines) is 1. The van der Waals surface area contributed by atoms with Crippen molar-refractivity contribution in [1.29, 1.82) is 0 Å². The van der Waals surface area contributed by atoms with Crippen molar-refractivity contribution < 1.29 is 9.84 Å². The summed E-state index contributed by atoms with van der Waals surface area (Å²) in [6, 6.07) is 0.629. The van der Waals surface area contributed by atoms with Gasteiger partial charge in [0.1, 0.15) is 0 Å². The Morgan fingerprint density at radius 2 is 2.18 bits per heavy atom. The van der Waals surface area contributed by atoms with Gasteiger partial charge in [-0.25, -0.2) is 0 Å². The Labute approximate surface area is 68.0 Å². The van der Waals surface area contributed by atoms with E-state index in [1.54, 1.807) is 0 Å². The van der Waals surface area contributed by atoms with Crippen LogP contribution in [0.2, 0.25) is 0 Å². The molecule has 1 aliphatic rings. The highest BCUT2D eigenvalue weighted by atomic mass is 16.5. The van der Waals surface area contributed by atoms with Gasteiger partial charge >= 0.3 is 0 Å². The summed E-state index contributed by atoms with van der Waals surface area (Å²) >= 11 is 0. The lowest BCUT2D eigenvalue weighted by Gasteiger charge is -2.41. The fourth-order valence-corrected chi connectivity index (χ4v) is 1.22. The highest BCUT2D eigenvalue weighted by molar-refractivity contribution is 4.82. The molecule has 11 heavy (non-hydrogen) atoms. The van der Waals surface area contributed by atoms with Crippen LogP contribution in [0.4, 0.5) is 0 Å². The molecular weight excluding hydrogens is 142 g/mol. The van der Waals surface area contributed by atoms with Crippen molar-refractivity contribution in [2.45, 2.75) is 26.0 Å². The highest BCUT2D eigenvalue weighted by Crippen LogP contribution is 2.14. The average molecular weight is 159 g/mol. The summed E-state index contributed by atoms with van der Waals surface area (Å²) in [5.41, 5.74) is 0. The molecule has 1 saturated heterocycles. The number of hydrogen-bond donors (Lipinski definition) is 1. The van der Waals surface area contributed by atoms with Gasteiger partial charge in [0.05, 0.1) is 19.3 Å². The van der Waals surface area contributed by atoms with Crippen LogP contribution in [0, 0.1) is 0 Å². The standard InChI is InChI=1S/C8H17NO2/c1-7(2)9-5-8(6-9)11-4-3-10/h7-8,10H,3-6H2,1-2H3. The van der Waals surface area contributed by atoms with Crippen molar-refractivity contribution in [1.82, 2.24) is 4.90 Å². The Morgan fingerprint density at radius 1 is 1.55 bits per heavy atom. The van der Waals surface area contributed by atoms with Crippen LogP contribution in [0.15, 0.2) is 0 Å². The molecule has 0 aromatic carbocycles. The van der Waals surface area contributed by atoms with Gasteiger partial charge in [-0.3, -0.25) is 4.90 Å². The summed E-state index contributed by atoms with van der Waals surface area (Å²) < 4.78 is 5.32. The van der Waals surface area contributed by atoms with Crippen molar-refractivity contribution in [3.8, 4) is 0 Å². The molecule has 1 heterocycles. The second kappa shape index (κ2) is 4.04. The summed E-state index contributed by atoms with van der Waals surface area (Å²) in [6.45, 7) is 7.04. The zero-order valence-corrected chi connectivity index (χ0v) is 7.29. The molecule has 66 valence electrons. The lowest BCUT2D eigenvalue weighted by molar-refractivity contribution is -0.0741. The van der Waals surface area contributed by atoms with Gasteiger partial charge in [0.25, 0.3) is 0 Å². The number of ether oxygens (including phenoxy) is 1. The zero-order chi connectivity index (χ0) is 8.27. The van der Waals surface area contributed by atoms with E-state index >= 15 is 0 Å². The molecule has 0 bridgehead atoms. The molecule has 1 aliphatic heterocycles. The van der Waals surface area contributed by atoms with Gasteiger partial charge in [0, 0.05) is 19.1 Å². The zero-order valence-electron chi connectivity index (χ0n) is 7.29. The maximum absolute atomic E-state index is 8.47. The highest BCUT2D eigenvalue weighted by Gasteiger charge is 2.28. The summed E-state index contributed by atoms with van der Waals surface area (Å²) in [7, 11) is 0. The summed E-state index contributed by atoms with van der Waals surface area (Å²) in [5, 5.41) is 8.47. The van der Waals surface area contributed by atoms with E-state index in [1.807, 2.05) is 0 Å². The summed E-state index contributed by atoms with van der Waals surface area (Å²) in [6.07, 6.45) is 0.365. The van der Waals surface area contributed by atoms with Gasteiger partial charge in [-0.1, -0.05) is 0 Å². The molecular formula is C8H17NO2. The molecule has 1 N–H and O–H groups in total. The Balaban J connectivity index is 2.00. The molecule has 3 heteroatoms. The van der Waals surface area contributed by atoms with E-state index in [1.165, 1.54) is 0 Å². The van der Waals surface area contributed by atoms with E-state index in [4.69, 9.17) is 9.84 Å². The number of aliphatic hydroxyl groups excluding tert-OH is 1. The Morgan fingerprint density at radius 3 is 2.64 bits per heavy atom. The van der Waals surface area contributed by atoms with E-state index in [2.05, 4.69) is 18.7 Å². The molecule has 0 aromatic heterocycles. The molecule has 0 aromatic rings. The van der Waals surface area contributed by atoms with Crippen LogP contribution in [0.5, 0.6) is 0 Å². The average Bonchev–Trinajstić information content (AvgIpc) is 1.84. The van der Waals surface area contributed by atoms with Crippen LogP contribution in [0.1, 0.15) is 13.8 Å². The van der Waals surface area contributed by atoms with Gasteiger partial charge in [0.15, 0.2) is 0 Å². The van der Waals surface area contributed by atoms with Gasteiger partial charge in [-0.05, 0) is 13.8 Å². The van der Waals surface area contributed by atoms with Crippen LogP contribution in [-0.4, -0.2) is 48.5 Å². The lowest BCUT2D eigenvalue weighted by atomic mass is 10.1. The number of aliphatic hydroxyl groups is 1. The molecule has 0 radical (unpaired) electrons. The third kappa shape index (κ3) is 2.43. The molecule has 1 rings (SSSR count). The van der Waals surface area contributed by atoms with Crippen LogP contribution < -0.4 is 0 Å². The lowest BCUT2D eigenvalue weighted by Crippen LogP contribution is -2.55. The van der Waals surface area contributed by atoms with Crippen molar-refractivity contribution in [2.24, 2.45) is 0 Å². The first-order valence-electron chi connectivity index (χ1n) is 4.20. The summed E-state index contributed by atoms with van der Waals surface area (Å²) in [5.74, 6) is 0. The third-order valence-electron chi connectivity index (χ3n) is 2.05. The molecule has 0 unspecified atom stereocenters. The summed E-state index contributed by atoms with van der Waals surface area (Å²) in [4.78, 5) is 2.35. The van der Waals surface area contributed by atoms with Gasteiger partial charge in [-0.15, -0.1) is 0 Å². The van der Waals surface area contributed by atoms with Crippen LogP contribution in [0.25, 0.3) is 0 Å². The van der Waals surface area contributed by atoms with Crippen LogP contribution in [0.3, 0.4) is 0 Å². The molecule has 0 spiro atoms. The SMILES string of the molecule is CC(C)N1CC(OCCO)C1. The second-order valence-corrected chi connectivity index (χ2v) is 3.26. The van der Waals surface area contributed by atoms with Crippen LogP contribution in [-0.2, 0) is 4.74 Å². The molecule has 0 aliphatic carbocycles. The largest absolute Gasteiger partial charge is 0.394 e. The minimum absolute atomic E-state index is 0.137. The van der Waals surface area contributed by atoms with Gasteiger partial charge in [-0.2, -0.15) is 0 Å². The smallest absolute Gasteiger partial charge is 0.0830 e. The number of rotatable bonds is 4. The monoisotopic (exact) mass is 159 g/mol. The Kier molecular flexibility index (Phi) is 3.30. The first-order valence-corrected chi connectivity index (χ1v) is 4.20. The molecule has 0 amide bonds. The van der Waals surface area contributed by atoms with E-state index < -0.39 is 0 Å². The minimum atomic E-state index is 0.137.